The first-order chi connectivity index (χ1) is 8.25. The van der Waals surface area contributed by atoms with Crippen LogP contribution in [0.4, 0.5) is 0 Å². The third-order valence-electron chi connectivity index (χ3n) is 2.27. The van der Waals surface area contributed by atoms with Crippen LogP contribution in [0.2, 0.25) is 0 Å². The lowest BCUT2D eigenvalue weighted by Crippen LogP contribution is -2.37. The number of aromatic nitrogens is 1. The average molecular weight is 252 g/mol. The van der Waals surface area contributed by atoms with E-state index in [2.05, 4.69) is 20.8 Å². The largest absolute Gasteiger partial charge is 0.351 e. The number of nitrogens with one attached hydrogen (secondary N) is 2. The number of nitrogens with zero attached hydrogens (tertiary/aromatic N) is 2. The van der Waals surface area contributed by atoms with Gasteiger partial charge in [0, 0.05) is 37.4 Å². The lowest BCUT2D eigenvalue weighted by atomic mass is 10.1. The first-order valence-electron chi connectivity index (χ1n) is 5.27. The molecule has 6 nitrogen and oxygen atoms in total. The highest BCUT2D eigenvalue weighted by Gasteiger charge is 2.17. The molecule has 1 aromatic heterocycles. The number of hydrazone groups is 1. The summed E-state index contributed by atoms with van der Waals surface area (Å²) >= 11 is 1.56. The van der Waals surface area contributed by atoms with E-state index in [1.807, 2.05) is 5.38 Å². The van der Waals surface area contributed by atoms with E-state index in [9.17, 15) is 9.59 Å². The Bertz CT molecular complexity index is 441. The van der Waals surface area contributed by atoms with Crippen molar-refractivity contribution in [1.29, 1.82) is 0 Å². The van der Waals surface area contributed by atoms with Crippen LogP contribution in [0.3, 0.4) is 0 Å². The van der Waals surface area contributed by atoms with E-state index in [1.165, 1.54) is 0 Å². The molecule has 0 saturated heterocycles. The van der Waals surface area contributed by atoms with Crippen LogP contribution in [0.25, 0.3) is 0 Å². The van der Waals surface area contributed by atoms with Gasteiger partial charge in [-0.05, 0) is 0 Å². The molecular formula is C10H12N4O2S. The zero-order valence-corrected chi connectivity index (χ0v) is 9.92. The lowest BCUT2D eigenvalue weighted by Gasteiger charge is -2.11. The predicted molar refractivity (Wildman–Crippen MR) is 63.6 cm³/mol. The number of hydrogen-bond acceptors (Lipinski definition) is 5. The van der Waals surface area contributed by atoms with Crippen LogP contribution in [0.5, 0.6) is 0 Å². The highest BCUT2D eigenvalue weighted by atomic mass is 32.1. The van der Waals surface area contributed by atoms with Crippen LogP contribution >= 0.6 is 11.3 Å². The second-order valence-corrected chi connectivity index (χ2v) is 4.50. The van der Waals surface area contributed by atoms with Gasteiger partial charge in [-0.3, -0.25) is 9.59 Å². The van der Waals surface area contributed by atoms with Crippen LogP contribution in [0.15, 0.2) is 16.7 Å². The van der Waals surface area contributed by atoms with Crippen molar-refractivity contribution in [2.24, 2.45) is 5.10 Å². The Kier molecular flexibility index (Phi) is 3.81. The molecule has 0 atom stereocenters. The molecule has 2 amide bonds. The van der Waals surface area contributed by atoms with E-state index < -0.39 is 0 Å². The van der Waals surface area contributed by atoms with Gasteiger partial charge < -0.3 is 5.32 Å². The molecule has 0 radical (unpaired) electrons. The van der Waals surface area contributed by atoms with Gasteiger partial charge in [0.15, 0.2) is 0 Å². The summed E-state index contributed by atoms with van der Waals surface area (Å²) in [5.74, 6) is -0.370. The molecule has 2 rings (SSSR count). The van der Waals surface area contributed by atoms with Crippen molar-refractivity contribution >= 4 is 28.9 Å². The molecular weight excluding hydrogens is 240 g/mol. The smallest absolute Gasteiger partial charge is 0.267 e. The number of rotatable bonds is 4. The van der Waals surface area contributed by atoms with E-state index >= 15 is 0 Å². The van der Waals surface area contributed by atoms with E-state index in [0.717, 1.165) is 5.01 Å². The fourth-order valence-electron chi connectivity index (χ4n) is 1.40. The summed E-state index contributed by atoms with van der Waals surface area (Å²) in [6.07, 6.45) is 3.17. The van der Waals surface area contributed by atoms with Crippen LogP contribution in [-0.2, 0) is 16.0 Å². The zero-order valence-electron chi connectivity index (χ0n) is 9.10. The van der Waals surface area contributed by atoms with Gasteiger partial charge in [-0.15, -0.1) is 11.3 Å². The third kappa shape index (κ3) is 3.35. The highest BCUT2D eigenvalue weighted by molar-refractivity contribution is 7.09. The van der Waals surface area contributed by atoms with Crippen LogP contribution < -0.4 is 10.7 Å². The summed E-state index contributed by atoms with van der Waals surface area (Å²) < 4.78 is 0. The van der Waals surface area contributed by atoms with Crippen LogP contribution in [-0.4, -0.2) is 29.1 Å². The Morgan fingerprint density at radius 2 is 2.41 bits per heavy atom. The molecule has 0 aliphatic carbocycles. The fourth-order valence-corrected chi connectivity index (χ4v) is 2.02. The van der Waals surface area contributed by atoms with Gasteiger partial charge in [0.1, 0.15) is 5.71 Å². The molecule has 0 spiro atoms. The molecule has 0 bridgehead atoms. The van der Waals surface area contributed by atoms with E-state index in [1.54, 1.807) is 17.5 Å². The summed E-state index contributed by atoms with van der Waals surface area (Å²) in [5.41, 5.74) is 2.67. The normalized spacial score (nSPS) is 15.1. The van der Waals surface area contributed by atoms with Crippen molar-refractivity contribution in [3.63, 3.8) is 0 Å². The number of amides is 2. The Morgan fingerprint density at radius 3 is 3.06 bits per heavy atom. The van der Waals surface area contributed by atoms with Crippen LogP contribution in [0.1, 0.15) is 17.8 Å². The fraction of sp³-hybridized carbons (Fsp3) is 0.400. The number of carbonyl (C=O) groups excluding carboxylic acids is 2. The topological polar surface area (TPSA) is 83.5 Å². The van der Waals surface area contributed by atoms with Crippen molar-refractivity contribution in [2.45, 2.75) is 19.3 Å². The number of carbonyl (C=O) groups is 2. The van der Waals surface area contributed by atoms with Gasteiger partial charge in [0.05, 0.1) is 5.01 Å². The first kappa shape index (κ1) is 11.7. The first-order valence-corrected chi connectivity index (χ1v) is 6.15. The molecule has 7 heteroatoms. The third-order valence-corrected chi connectivity index (χ3v) is 3.11. The minimum absolute atomic E-state index is 0.149. The Hall–Kier alpha value is -1.76. The molecule has 1 aromatic rings. The van der Waals surface area contributed by atoms with Crippen molar-refractivity contribution in [2.75, 3.05) is 6.54 Å². The van der Waals surface area contributed by atoms with Gasteiger partial charge in [-0.1, -0.05) is 0 Å². The molecule has 1 aliphatic rings. The Labute approximate surface area is 102 Å². The van der Waals surface area contributed by atoms with Gasteiger partial charge in [0.2, 0.25) is 5.91 Å². The second kappa shape index (κ2) is 5.53. The van der Waals surface area contributed by atoms with Crippen LogP contribution in [0, 0.1) is 0 Å². The van der Waals surface area contributed by atoms with Gasteiger partial charge in [-0.2, -0.15) is 5.10 Å². The Balaban J connectivity index is 1.76. The molecule has 90 valence electrons. The van der Waals surface area contributed by atoms with Crippen molar-refractivity contribution < 1.29 is 9.59 Å². The number of hydrogen-bond donors (Lipinski definition) is 2. The van der Waals surface area contributed by atoms with Gasteiger partial charge >= 0.3 is 0 Å². The average Bonchev–Trinajstić information content (AvgIpc) is 2.83. The maximum Gasteiger partial charge on any atom is 0.267 e. The SMILES string of the molecule is O=C1CCC(C(=O)NCCc2nccs2)=NN1. The quantitative estimate of drug-likeness (QED) is 0.795. The van der Waals surface area contributed by atoms with Crippen molar-refractivity contribution in [3.05, 3.63) is 16.6 Å². The molecule has 0 saturated carbocycles. The van der Waals surface area contributed by atoms with E-state index in [0.29, 0.717) is 31.5 Å². The molecule has 2 heterocycles. The summed E-state index contributed by atoms with van der Waals surface area (Å²) in [5, 5.41) is 9.36. The highest BCUT2D eigenvalue weighted by Crippen LogP contribution is 2.04. The Morgan fingerprint density at radius 1 is 1.53 bits per heavy atom. The minimum Gasteiger partial charge on any atom is -0.351 e. The standard InChI is InChI=1S/C10H12N4O2S/c15-8-2-1-7(13-14-8)10(16)12-4-3-9-11-5-6-17-9/h5-6H,1-4H2,(H,12,16)(H,14,15). The minimum atomic E-state index is -0.221. The van der Waals surface area contributed by atoms with Gasteiger partial charge in [0.25, 0.3) is 5.91 Å². The molecule has 1 aliphatic heterocycles. The summed E-state index contributed by atoms with van der Waals surface area (Å²) in [6, 6.07) is 0. The lowest BCUT2D eigenvalue weighted by molar-refractivity contribution is -0.121. The summed E-state index contributed by atoms with van der Waals surface area (Å²) in [7, 11) is 0. The maximum absolute atomic E-state index is 11.6. The van der Waals surface area contributed by atoms with Crippen molar-refractivity contribution in [3.8, 4) is 0 Å². The van der Waals surface area contributed by atoms with E-state index in [-0.39, 0.29) is 11.8 Å². The monoisotopic (exact) mass is 252 g/mol. The van der Waals surface area contributed by atoms with Crippen molar-refractivity contribution in [1.82, 2.24) is 15.7 Å². The van der Waals surface area contributed by atoms with E-state index in [4.69, 9.17) is 0 Å². The molecule has 0 aromatic carbocycles. The molecule has 17 heavy (non-hydrogen) atoms. The summed E-state index contributed by atoms with van der Waals surface area (Å²) in [6.45, 7) is 0.527. The summed E-state index contributed by atoms with van der Waals surface area (Å²) in [4.78, 5) is 26.6. The predicted octanol–water partition coefficient (Wildman–Crippen LogP) is 0.0678. The second-order valence-electron chi connectivity index (χ2n) is 3.53. The number of thiazole rings is 1. The molecule has 0 unspecified atom stereocenters. The molecule has 0 fully saturated rings. The van der Waals surface area contributed by atoms with Gasteiger partial charge in [-0.25, -0.2) is 10.4 Å². The maximum atomic E-state index is 11.6. The molecule has 2 N–H and O–H groups in total. The zero-order chi connectivity index (χ0) is 12.1.